The minimum absolute atomic E-state index is 0.181. The molecule has 0 aromatic carbocycles. The van der Waals surface area contributed by atoms with Crippen LogP contribution in [0.5, 0.6) is 11.6 Å². The summed E-state index contributed by atoms with van der Waals surface area (Å²) in [5, 5.41) is 0. The number of hydrazine groups is 1. The van der Waals surface area contributed by atoms with Gasteiger partial charge in [-0.25, -0.2) is 10.8 Å². The second kappa shape index (κ2) is 5.83. The Bertz CT molecular complexity index is 613. The van der Waals surface area contributed by atoms with Crippen molar-refractivity contribution in [2.45, 2.75) is 33.6 Å². The van der Waals surface area contributed by atoms with E-state index >= 15 is 0 Å². The molecule has 0 radical (unpaired) electrons. The Morgan fingerprint density at radius 3 is 2.60 bits per heavy atom. The molecule has 106 valence electrons. The largest absolute Gasteiger partial charge is 0.437 e. The summed E-state index contributed by atoms with van der Waals surface area (Å²) in [4.78, 5) is 13.0. The molecular formula is C14H19N5O. The van der Waals surface area contributed by atoms with Crippen LogP contribution in [0.15, 0.2) is 18.3 Å². The molecule has 0 bridgehead atoms. The van der Waals surface area contributed by atoms with Crippen LogP contribution in [0.3, 0.4) is 0 Å². The molecule has 0 unspecified atom stereocenters. The predicted molar refractivity (Wildman–Crippen MR) is 77.7 cm³/mol. The molecule has 0 aliphatic rings. The van der Waals surface area contributed by atoms with Crippen molar-refractivity contribution in [1.29, 1.82) is 0 Å². The number of ether oxygens (including phenoxy) is 1. The third kappa shape index (κ3) is 2.85. The van der Waals surface area contributed by atoms with Gasteiger partial charge in [0.1, 0.15) is 5.82 Å². The first-order chi connectivity index (χ1) is 9.52. The van der Waals surface area contributed by atoms with Crippen molar-refractivity contribution in [3.8, 4) is 11.6 Å². The molecule has 0 aliphatic heterocycles. The number of nitrogens with zero attached hydrogens (tertiary/aromatic N) is 3. The topological polar surface area (TPSA) is 86.0 Å². The van der Waals surface area contributed by atoms with Gasteiger partial charge in [0.2, 0.25) is 5.88 Å². The Kier molecular flexibility index (Phi) is 4.14. The van der Waals surface area contributed by atoms with Gasteiger partial charge in [0.25, 0.3) is 0 Å². The van der Waals surface area contributed by atoms with Crippen LogP contribution in [0, 0.1) is 13.8 Å². The quantitative estimate of drug-likeness (QED) is 0.658. The molecule has 6 heteroatoms. The second-order valence-electron chi connectivity index (χ2n) is 4.85. The van der Waals surface area contributed by atoms with Gasteiger partial charge in [-0.2, -0.15) is 4.98 Å². The Morgan fingerprint density at radius 2 is 2.00 bits per heavy atom. The fourth-order valence-electron chi connectivity index (χ4n) is 1.69. The zero-order chi connectivity index (χ0) is 14.7. The van der Waals surface area contributed by atoms with E-state index in [1.54, 1.807) is 6.20 Å². The fourth-order valence-corrected chi connectivity index (χ4v) is 1.69. The number of nitrogen functional groups attached to an aromatic ring is 1. The van der Waals surface area contributed by atoms with Gasteiger partial charge in [-0.05, 0) is 26.0 Å². The zero-order valence-corrected chi connectivity index (χ0v) is 12.1. The molecule has 0 fully saturated rings. The van der Waals surface area contributed by atoms with Crippen molar-refractivity contribution >= 4 is 5.82 Å². The van der Waals surface area contributed by atoms with Gasteiger partial charge in [0, 0.05) is 12.1 Å². The van der Waals surface area contributed by atoms with E-state index in [-0.39, 0.29) is 5.92 Å². The second-order valence-corrected chi connectivity index (χ2v) is 4.85. The summed E-state index contributed by atoms with van der Waals surface area (Å²) in [5.41, 5.74) is 4.15. The lowest BCUT2D eigenvalue weighted by atomic mass is 10.2. The van der Waals surface area contributed by atoms with Crippen LogP contribution < -0.4 is 16.0 Å². The van der Waals surface area contributed by atoms with Crippen molar-refractivity contribution in [1.82, 2.24) is 15.0 Å². The number of aryl methyl sites for hydroxylation is 1. The number of hydrogen-bond donors (Lipinski definition) is 2. The van der Waals surface area contributed by atoms with Crippen molar-refractivity contribution in [3.05, 3.63) is 35.4 Å². The number of rotatable bonds is 4. The maximum atomic E-state index is 5.86. The Morgan fingerprint density at radius 1 is 1.25 bits per heavy atom. The number of nitrogens with one attached hydrogen (secondary N) is 1. The predicted octanol–water partition coefficient (Wildman–Crippen LogP) is 2.69. The van der Waals surface area contributed by atoms with Gasteiger partial charge < -0.3 is 10.2 Å². The van der Waals surface area contributed by atoms with Crippen LogP contribution in [0.25, 0.3) is 0 Å². The zero-order valence-electron chi connectivity index (χ0n) is 12.1. The molecule has 0 atom stereocenters. The highest BCUT2D eigenvalue weighted by molar-refractivity contribution is 5.49. The van der Waals surface area contributed by atoms with Crippen LogP contribution in [0.2, 0.25) is 0 Å². The summed E-state index contributed by atoms with van der Waals surface area (Å²) in [5.74, 6) is 8.10. The lowest BCUT2D eigenvalue weighted by molar-refractivity contribution is 0.447. The smallest absolute Gasteiger partial charge is 0.227 e. The standard InChI is InChI=1S/C14H19N5O/c1-8(2)12-17-13(19-15)9(3)14(18-12)20-11-6-5-7-16-10(11)4/h5-8H,15H2,1-4H3,(H,17,18,19). The molecule has 6 nitrogen and oxygen atoms in total. The van der Waals surface area contributed by atoms with Crippen LogP contribution in [-0.2, 0) is 0 Å². The first-order valence-electron chi connectivity index (χ1n) is 6.47. The number of aromatic nitrogens is 3. The third-order valence-electron chi connectivity index (χ3n) is 2.94. The fraction of sp³-hybridized carbons (Fsp3) is 0.357. The monoisotopic (exact) mass is 273 g/mol. The third-order valence-corrected chi connectivity index (χ3v) is 2.94. The first-order valence-corrected chi connectivity index (χ1v) is 6.47. The number of nitrogens with two attached hydrogens (primary N) is 1. The number of anilines is 1. The van der Waals surface area contributed by atoms with E-state index in [2.05, 4.69) is 20.4 Å². The maximum Gasteiger partial charge on any atom is 0.227 e. The minimum Gasteiger partial charge on any atom is -0.437 e. The highest BCUT2D eigenvalue weighted by Crippen LogP contribution is 2.29. The van der Waals surface area contributed by atoms with E-state index in [1.165, 1.54) is 0 Å². The van der Waals surface area contributed by atoms with Crippen molar-refractivity contribution in [3.63, 3.8) is 0 Å². The highest BCUT2D eigenvalue weighted by Gasteiger charge is 2.15. The van der Waals surface area contributed by atoms with Crippen molar-refractivity contribution in [2.75, 3.05) is 5.43 Å². The summed E-state index contributed by atoms with van der Waals surface area (Å²) < 4.78 is 5.86. The van der Waals surface area contributed by atoms with Gasteiger partial charge in [0.15, 0.2) is 11.6 Å². The summed E-state index contributed by atoms with van der Waals surface area (Å²) >= 11 is 0. The molecule has 0 amide bonds. The molecule has 0 spiro atoms. The first kappa shape index (κ1) is 14.2. The Hall–Kier alpha value is -2.21. The van der Waals surface area contributed by atoms with E-state index < -0.39 is 0 Å². The number of pyridine rings is 1. The van der Waals surface area contributed by atoms with Gasteiger partial charge in [-0.15, -0.1) is 0 Å². The van der Waals surface area contributed by atoms with E-state index in [1.807, 2.05) is 39.8 Å². The molecule has 20 heavy (non-hydrogen) atoms. The number of hydrogen-bond acceptors (Lipinski definition) is 6. The van der Waals surface area contributed by atoms with E-state index in [4.69, 9.17) is 10.6 Å². The van der Waals surface area contributed by atoms with Crippen LogP contribution >= 0.6 is 0 Å². The van der Waals surface area contributed by atoms with E-state index in [0.29, 0.717) is 23.3 Å². The molecular weight excluding hydrogens is 254 g/mol. The molecule has 2 aromatic rings. The van der Waals surface area contributed by atoms with E-state index in [9.17, 15) is 0 Å². The Balaban J connectivity index is 2.45. The maximum absolute atomic E-state index is 5.86. The van der Waals surface area contributed by atoms with Gasteiger partial charge in [-0.1, -0.05) is 13.8 Å². The molecule has 2 rings (SSSR count). The highest BCUT2D eigenvalue weighted by atomic mass is 16.5. The lowest BCUT2D eigenvalue weighted by Gasteiger charge is -2.14. The normalized spacial score (nSPS) is 10.7. The lowest BCUT2D eigenvalue weighted by Crippen LogP contribution is -2.13. The average Bonchev–Trinajstić information content (AvgIpc) is 2.43. The summed E-state index contributed by atoms with van der Waals surface area (Å²) in [7, 11) is 0. The molecule has 3 N–H and O–H groups in total. The molecule has 2 heterocycles. The molecule has 0 saturated carbocycles. The van der Waals surface area contributed by atoms with Crippen LogP contribution in [0.1, 0.15) is 36.8 Å². The molecule has 0 aliphatic carbocycles. The summed E-state index contributed by atoms with van der Waals surface area (Å²) in [6.07, 6.45) is 1.72. The minimum atomic E-state index is 0.181. The summed E-state index contributed by atoms with van der Waals surface area (Å²) in [6.45, 7) is 7.78. The van der Waals surface area contributed by atoms with Gasteiger partial charge in [-0.3, -0.25) is 4.98 Å². The molecule has 0 saturated heterocycles. The molecule has 2 aromatic heterocycles. The van der Waals surface area contributed by atoms with Gasteiger partial charge in [0.05, 0.1) is 11.3 Å². The van der Waals surface area contributed by atoms with Crippen LogP contribution in [0.4, 0.5) is 5.82 Å². The van der Waals surface area contributed by atoms with Crippen molar-refractivity contribution in [2.24, 2.45) is 5.84 Å². The van der Waals surface area contributed by atoms with Crippen molar-refractivity contribution < 1.29 is 4.74 Å². The van der Waals surface area contributed by atoms with Crippen LogP contribution in [-0.4, -0.2) is 15.0 Å². The SMILES string of the molecule is Cc1ncccc1Oc1nc(C(C)C)nc(NN)c1C. The summed E-state index contributed by atoms with van der Waals surface area (Å²) in [6, 6.07) is 3.68. The van der Waals surface area contributed by atoms with E-state index in [0.717, 1.165) is 11.3 Å². The van der Waals surface area contributed by atoms with Gasteiger partial charge >= 0.3 is 0 Å². The Labute approximate surface area is 118 Å². The average molecular weight is 273 g/mol.